The van der Waals surface area contributed by atoms with Crippen LogP contribution in [0.25, 0.3) is 11.0 Å². The molecule has 138 valence electrons. The number of H-pyrrole nitrogens is 1. The summed E-state index contributed by atoms with van der Waals surface area (Å²) in [6.07, 6.45) is 1.74. The van der Waals surface area contributed by atoms with Crippen LogP contribution in [-0.2, 0) is 11.2 Å². The number of carbonyl (C=O) groups is 1. The number of nitrogens with one attached hydrogen (secondary N) is 2. The molecule has 1 aromatic carbocycles. The second-order valence-electron chi connectivity index (χ2n) is 6.59. The fourth-order valence-corrected chi connectivity index (χ4v) is 3.23. The molecule has 0 saturated carbocycles. The Bertz CT molecular complexity index is 849. The van der Waals surface area contributed by atoms with Gasteiger partial charge in [-0.05, 0) is 43.0 Å². The van der Waals surface area contributed by atoms with Gasteiger partial charge >= 0.3 is 0 Å². The van der Waals surface area contributed by atoms with Crippen molar-refractivity contribution in [1.82, 2.24) is 20.4 Å². The Hall–Kier alpha value is -2.34. The molecule has 26 heavy (non-hydrogen) atoms. The Labute approximate surface area is 157 Å². The summed E-state index contributed by atoms with van der Waals surface area (Å²) in [6, 6.07) is 7.69. The summed E-state index contributed by atoms with van der Waals surface area (Å²) in [4.78, 5) is 20.5. The summed E-state index contributed by atoms with van der Waals surface area (Å²) >= 11 is 5.97. The minimum Gasteiger partial charge on any atom is -0.346 e. The van der Waals surface area contributed by atoms with Gasteiger partial charge in [0.2, 0.25) is 11.1 Å². The highest BCUT2D eigenvalue weighted by molar-refractivity contribution is 6.29. The van der Waals surface area contributed by atoms with Crippen LogP contribution in [0.3, 0.4) is 0 Å². The summed E-state index contributed by atoms with van der Waals surface area (Å²) in [7, 11) is 0. The molecule has 3 aromatic rings. The lowest BCUT2D eigenvalue weighted by Gasteiger charge is -2.22. The Morgan fingerprint density at radius 1 is 1.38 bits per heavy atom. The maximum atomic E-state index is 12.5. The second-order valence-corrected chi connectivity index (χ2v) is 6.93. The Morgan fingerprint density at radius 3 is 2.81 bits per heavy atom. The average Bonchev–Trinajstić information content (AvgIpc) is 3.20. The van der Waals surface area contributed by atoms with Crippen molar-refractivity contribution in [2.24, 2.45) is 5.92 Å². The SMILES string of the molecule is CCC(C)C(NC(=O)CCc1c(C)noc1Cl)c1nc2ccccc2[nH]1. The number of aryl methyl sites for hydroxylation is 1. The van der Waals surface area contributed by atoms with Crippen molar-refractivity contribution in [3.05, 3.63) is 46.6 Å². The normalized spacial score (nSPS) is 13.7. The molecule has 0 bridgehead atoms. The van der Waals surface area contributed by atoms with Crippen LogP contribution in [0.2, 0.25) is 5.22 Å². The van der Waals surface area contributed by atoms with Crippen molar-refractivity contribution in [3.63, 3.8) is 0 Å². The number of nitrogens with zero attached hydrogens (tertiary/aromatic N) is 2. The van der Waals surface area contributed by atoms with Crippen LogP contribution >= 0.6 is 11.6 Å². The minimum absolute atomic E-state index is 0.0487. The van der Waals surface area contributed by atoms with Crippen molar-refractivity contribution in [3.8, 4) is 0 Å². The van der Waals surface area contributed by atoms with Crippen LogP contribution in [0.15, 0.2) is 28.8 Å². The lowest BCUT2D eigenvalue weighted by atomic mass is 9.98. The molecular formula is C19H23ClN4O2. The smallest absolute Gasteiger partial charge is 0.229 e. The third kappa shape index (κ3) is 3.90. The van der Waals surface area contributed by atoms with E-state index in [1.807, 2.05) is 31.2 Å². The molecule has 6 nitrogen and oxygen atoms in total. The first kappa shape index (κ1) is 18.5. The van der Waals surface area contributed by atoms with Gasteiger partial charge in [0.1, 0.15) is 5.82 Å². The number of rotatable bonds is 7. The van der Waals surface area contributed by atoms with E-state index >= 15 is 0 Å². The zero-order chi connectivity index (χ0) is 18.7. The molecule has 2 N–H and O–H groups in total. The van der Waals surface area contributed by atoms with Gasteiger partial charge in [0.25, 0.3) is 0 Å². The molecule has 3 rings (SSSR count). The Kier molecular flexibility index (Phi) is 5.61. The maximum absolute atomic E-state index is 12.5. The van der Waals surface area contributed by atoms with E-state index in [0.717, 1.165) is 34.5 Å². The van der Waals surface area contributed by atoms with Crippen molar-refractivity contribution >= 4 is 28.5 Å². The van der Waals surface area contributed by atoms with Crippen molar-refractivity contribution in [2.45, 2.75) is 46.1 Å². The molecule has 0 spiro atoms. The monoisotopic (exact) mass is 374 g/mol. The fourth-order valence-electron chi connectivity index (χ4n) is 2.96. The number of hydrogen-bond donors (Lipinski definition) is 2. The van der Waals surface area contributed by atoms with E-state index in [9.17, 15) is 4.79 Å². The van der Waals surface area contributed by atoms with Gasteiger partial charge in [-0.25, -0.2) is 4.98 Å². The van der Waals surface area contributed by atoms with Gasteiger partial charge in [-0.3, -0.25) is 4.79 Å². The van der Waals surface area contributed by atoms with Crippen molar-refractivity contribution in [1.29, 1.82) is 0 Å². The summed E-state index contributed by atoms with van der Waals surface area (Å²) in [5.74, 6) is 0.987. The number of aromatic nitrogens is 3. The van der Waals surface area contributed by atoms with Gasteiger partial charge in [0, 0.05) is 12.0 Å². The number of fused-ring (bicyclic) bond motifs is 1. The molecule has 7 heteroatoms. The van der Waals surface area contributed by atoms with Gasteiger partial charge in [-0.15, -0.1) is 0 Å². The number of carbonyl (C=O) groups excluding carboxylic acids is 1. The van der Waals surface area contributed by atoms with E-state index in [1.165, 1.54) is 0 Å². The van der Waals surface area contributed by atoms with Gasteiger partial charge in [-0.1, -0.05) is 37.6 Å². The molecule has 0 aliphatic rings. The first-order chi connectivity index (χ1) is 12.5. The van der Waals surface area contributed by atoms with Crippen LogP contribution in [0.1, 0.15) is 49.8 Å². The number of halogens is 1. The number of benzene rings is 1. The third-order valence-electron chi connectivity index (χ3n) is 4.77. The lowest BCUT2D eigenvalue weighted by Crippen LogP contribution is -2.33. The quantitative estimate of drug-likeness (QED) is 0.644. The van der Waals surface area contributed by atoms with Crippen LogP contribution in [0.5, 0.6) is 0 Å². The number of para-hydroxylation sites is 2. The molecule has 2 atom stereocenters. The summed E-state index contributed by atoms with van der Waals surface area (Å²) in [6.45, 7) is 6.03. The number of amides is 1. The van der Waals surface area contributed by atoms with Gasteiger partial charge in [-0.2, -0.15) is 0 Å². The lowest BCUT2D eigenvalue weighted by molar-refractivity contribution is -0.122. The molecule has 1 amide bonds. The average molecular weight is 375 g/mol. The third-order valence-corrected chi connectivity index (χ3v) is 5.07. The fraction of sp³-hybridized carbons (Fsp3) is 0.421. The topological polar surface area (TPSA) is 83.8 Å². The van der Waals surface area contributed by atoms with Crippen molar-refractivity contribution in [2.75, 3.05) is 0 Å². The first-order valence-corrected chi connectivity index (χ1v) is 9.22. The summed E-state index contributed by atoms with van der Waals surface area (Å²) < 4.78 is 4.94. The van der Waals surface area contributed by atoms with Crippen LogP contribution in [-0.4, -0.2) is 21.0 Å². The maximum Gasteiger partial charge on any atom is 0.229 e. The van der Waals surface area contributed by atoms with Crippen LogP contribution < -0.4 is 5.32 Å². The predicted molar refractivity (Wildman–Crippen MR) is 101 cm³/mol. The van der Waals surface area contributed by atoms with Crippen LogP contribution in [0, 0.1) is 12.8 Å². The first-order valence-electron chi connectivity index (χ1n) is 8.84. The number of hydrogen-bond acceptors (Lipinski definition) is 4. The molecule has 0 aliphatic heterocycles. The van der Waals surface area contributed by atoms with E-state index in [1.54, 1.807) is 0 Å². The summed E-state index contributed by atoms with van der Waals surface area (Å²) in [5, 5.41) is 7.19. The minimum atomic E-state index is -0.168. The zero-order valence-corrected chi connectivity index (χ0v) is 15.9. The predicted octanol–water partition coefficient (Wildman–Crippen LogP) is 4.35. The van der Waals surface area contributed by atoms with E-state index in [-0.39, 0.29) is 23.1 Å². The zero-order valence-electron chi connectivity index (χ0n) is 15.2. The molecule has 2 heterocycles. The molecule has 0 aliphatic carbocycles. The largest absolute Gasteiger partial charge is 0.346 e. The van der Waals surface area contributed by atoms with Gasteiger partial charge in [0.05, 0.1) is 22.8 Å². The van der Waals surface area contributed by atoms with E-state index in [2.05, 4.69) is 34.3 Å². The molecule has 0 saturated heterocycles. The van der Waals surface area contributed by atoms with Gasteiger partial charge < -0.3 is 14.8 Å². The van der Waals surface area contributed by atoms with E-state index in [0.29, 0.717) is 12.8 Å². The highest BCUT2D eigenvalue weighted by Crippen LogP contribution is 2.25. The molecular weight excluding hydrogens is 352 g/mol. The van der Waals surface area contributed by atoms with Crippen molar-refractivity contribution < 1.29 is 9.32 Å². The standard InChI is InChI=1S/C19H23ClN4O2/c1-4-11(2)17(19-21-14-7-5-6-8-15(14)22-19)23-16(25)10-9-13-12(3)24-26-18(13)20/h5-8,11,17H,4,9-10H2,1-3H3,(H,21,22)(H,23,25). The molecule has 0 radical (unpaired) electrons. The molecule has 2 unspecified atom stereocenters. The van der Waals surface area contributed by atoms with Gasteiger partial charge in [0.15, 0.2) is 0 Å². The van der Waals surface area contributed by atoms with Crippen LogP contribution in [0.4, 0.5) is 0 Å². The number of imidazole rings is 1. The highest BCUT2D eigenvalue weighted by Gasteiger charge is 2.24. The summed E-state index contributed by atoms with van der Waals surface area (Å²) in [5.41, 5.74) is 3.37. The Balaban J connectivity index is 1.73. The molecule has 0 fully saturated rings. The van der Waals surface area contributed by atoms with E-state index < -0.39 is 0 Å². The highest BCUT2D eigenvalue weighted by atomic mass is 35.5. The molecule has 2 aromatic heterocycles. The van der Waals surface area contributed by atoms with E-state index in [4.69, 9.17) is 16.1 Å². The Morgan fingerprint density at radius 2 is 2.15 bits per heavy atom. The second kappa shape index (κ2) is 7.91. The number of aromatic amines is 1.